The third kappa shape index (κ3) is 2.78. The van der Waals surface area contributed by atoms with Gasteiger partial charge in [-0.15, -0.1) is 0 Å². The van der Waals surface area contributed by atoms with Gasteiger partial charge in [-0.2, -0.15) is 0 Å². The predicted molar refractivity (Wildman–Crippen MR) is 176 cm³/mol. The second-order valence-corrected chi connectivity index (χ2v) is 12.5. The van der Waals surface area contributed by atoms with Crippen molar-refractivity contribution in [1.82, 2.24) is 0 Å². The normalized spacial score (nSPS) is 19.3. The largest absolute Gasteiger partial charge is 0.472 e. The zero-order chi connectivity index (χ0) is 28.4. The Kier molecular flexibility index (Phi) is 4.37. The zero-order valence-corrected chi connectivity index (χ0v) is 24.1. The fraction of sp³-hybridized carbons (Fsp3) is 0.0952. The maximum absolute atomic E-state index is 7.47. The first-order valence-electron chi connectivity index (χ1n) is 15.3. The van der Waals surface area contributed by atoms with Crippen molar-refractivity contribution in [3.8, 4) is 50.3 Å². The van der Waals surface area contributed by atoms with E-state index in [0.717, 1.165) is 5.75 Å². The van der Waals surface area contributed by atoms with E-state index in [0.29, 0.717) is 0 Å². The molecule has 6 aromatic rings. The molecule has 0 fully saturated rings. The standard InChI is InChI=1S/C42H28O/c1-24-20-36-33(23-32(24)27-14-7-4-8-15-27)35-22-28(26-12-5-3-6-13-26)21-34-30-18-11-17-29-25(2)38-31-16-9-10-19-37(31)43-42(36,40(34)35)41(38)39(29)30/h3-23,25H,1-2H3. The molecule has 4 aliphatic rings. The van der Waals surface area contributed by atoms with Crippen molar-refractivity contribution in [2.75, 3.05) is 0 Å². The number of rotatable bonds is 2. The van der Waals surface area contributed by atoms with Crippen LogP contribution in [0.1, 0.15) is 46.2 Å². The van der Waals surface area contributed by atoms with Crippen LogP contribution in [0, 0.1) is 6.92 Å². The van der Waals surface area contributed by atoms with Crippen molar-refractivity contribution < 1.29 is 4.74 Å². The van der Waals surface area contributed by atoms with Crippen LogP contribution in [0.4, 0.5) is 0 Å². The maximum atomic E-state index is 7.47. The van der Waals surface area contributed by atoms with Crippen molar-refractivity contribution >= 4 is 11.1 Å². The average Bonchev–Trinajstić information content (AvgIpc) is 3.51. The summed E-state index contributed by atoms with van der Waals surface area (Å²) in [5.41, 5.74) is 20.1. The van der Waals surface area contributed by atoms with Crippen LogP contribution in [-0.4, -0.2) is 0 Å². The molecule has 1 spiro atoms. The molecule has 43 heavy (non-hydrogen) atoms. The van der Waals surface area contributed by atoms with Crippen LogP contribution in [0.5, 0.6) is 5.75 Å². The van der Waals surface area contributed by atoms with Gasteiger partial charge >= 0.3 is 0 Å². The summed E-state index contributed by atoms with van der Waals surface area (Å²) in [6.07, 6.45) is 0. The maximum Gasteiger partial charge on any atom is 0.187 e. The summed E-state index contributed by atoms with van der Waals surface area (Å²) in [6.45, 7) is 4.64. The third-order valence-corrected chi connectivity index (χ3v) is 10.3. The van der Waals surface area contributed by atoms with Crippen LogP contribution in [0.15, 0.2) is 127 Å². The van der Waals surface area contributed by atoms with Gasteiger partial charge in [0.15, 0.2) is 5.60 Å². The van der Waals surface area contributed by atoms with E-state index < -0.39 is 5.60 Å². The molecule has 10 rings (SSSR count). The summed E-state index contributed by atoms with van der Waals surface area (Å²) in [5, 5.41) is 0. The Morgan fingerprint density at radius 1 is 0.558 bits per heavy atom. The second-order valence-electron chi connectivity index (χ2n) is 12.5. The Labute approximate surface area is 251 Å². The first-order chi connectivity index (χ1) is 21.1. The Hall–Kier alpha value is -5.14. The molecular weight excluding hydrogens is 520 g/mol. The highest BCUT2D eigenvalue weighted by Crippen LogP contribution is 2.70. The monoisotopic (exact) mass is 548 g/mol. The minimum absolute atomic E-state index is 0.284. The Bertz CT molecular complexity index is 2220. The highest BCUT2D eigenvalue weighted by atomic mass is 16.5. The van der Waals surface area contributed by atoms with E-state index in [2.05, 4.69) is 141 Å². The third-order valence-electron chi connectivity index (χ3n) is 10.3. The highest BCUT2D eigenvalue weighted by Gasteiger charge is 2.59. The lowest BCUT2D eigenvalue weighted by Crippen LogP contribution is -2.39. The van der Waals surface area contributed by atoms with Gasteiger partial charge in [0.25, 0.3) is 0 Å². The van der Waals surface area contributed by atoms with Crippen LogP contribution in [0.25, 0.3) is 55.7 Å². The molecule has 2 unspecified atom stereocenters. The van der Waals surface area contributed by atoms with Gasteiger partial charge in [0.2, 0.25) is 0 Å². The van der Waals surface area contributed by atoms with E-state index in [1.807, 2.05) is 0 Å². The van der Waals surface area contributed by atoms with Crippen molar-refractivity contribution in [1.29, 1.82) is 0 Å². The second kappa shape index (κ2) is 8.02. The smallest absolute Gasteiger partial charge is 0.187 e. The molecule has 0 saturated carbocycles. The van der Waals surface area contributed by atoms with Crippen LogP contribution in [0.2, 0.25) is 0 Å². The fourth-order valence-corrected chi connectivity index (χ4v) is 8.56. The van der Waals surface area contributed by atoms with Gasteiger partial charge in [0.1, 0.15) is 5.75 Å². The molecule has 1 nitrogen and oxygen atoms in total. The highest BCUT2D eigenvalue weighted by molar-refractivity contribution is 6.16. The van der Waals surface area contributed by atoms with Gasteiger partial charge in [0.05, 0.1) is 0 Å². The minimum Gasteiger partial charge on any atom is -0.472 e. The van der Waals surface area contributed by atoms with Crippen molar-refractivity contribution in [3.05, 3.63) is 161 Å². The van der Waals surface area contributed by atoms with E-state index in [-0.39, 0.29) is 5.92 Å². The summed E-state index contributed by atoms with van der Waals surface area (Å²) in [4.78, 5) is 0. The zero-order valence-electron chi connectivity index (χ0n) is 24.1. The van der Waals surface area contributed by atoms with Crippen molar-refractivity contribution in [2.45, 2.75) is 25.4 Å². The predicted octanol–water partition coefficient (Wildman–Crippen LogP) is 10.7. The summed E-state index contributed by atoms with van der Waals surface area (Å²) < 4.78 is 7.47. The van der Waals surface area contributed by atoms with E-state index >= 15 is 0 Å². The van der Waals surface area contributed by atoms with E-state index in [1.165, 1.54) is 89.0 Å². The lowest BCUT2D eigenvalue weighted by Gasteiger charge is -2.43. The number of para-hydroxylation sites is 1. The van der Waals surface area contributed by atoms with E-state index in [9.17, 15) is 0 Å². The van der Waals surface area contributed by atoms with Crippen molar-refractivity contribution in [2.24, 2.45) is 0 Å². The summed E-state index contributed by atoms with van der Waals surface area (Å²) in [7, 11) is 0. The number of fused-ring (bicyclic) bond motifs is 5. The van der Waals surface area contributed by atoms with E-state index in [4.69, 9.17) is 4.74 Å². The molecule has 0 bridgehead atoms. The van der Waals surface area contributed by atoms with E-state index in [1.54, 1.807) is 0 Å². The van der Waals surface area contributed by atoms with Crippen LogP contribution in [-0.2, 0) is 5.60 Å². The number of hydrogen-bond acceptors (Lipinski definition) is 1. The minimum atomic E-state index is -0.688. The molecule has 0 amide bonds. The first kappa shape index (κ1) is 23.4. The molecule has 0 radical (unpaired) electrons. The Morgan fingerprint density at radius 2 is 1.23 bits per heavy atom. The molecule has 202 valence electrons. The molecule has 0 aromatic heterocycles. The molecule has 1 heterocycles. The number of hydrogen-bond donors (Lipinski definition) is 0. The molecule has 1 aliphatic heterocycles. The molecule has 6 aromatic carbocycles. The van der Waals surface area contributed by atoms with Gasteiger partial charge in [-0.3, -0.25) is 0 Å². The Balaban J connectivity index is 1.40. The number of ether oxygens (including phenoxy) is 1. The Morgan fingerprint density at radius 3 is 2.02 bits per heavy atom. The van der Waals surface area contributed by atoms with Gasteiger partial charge in [0, 0.05) is 28.2 Å². The van der Waals surface area contributed by atoms with Gasteiger partial charge in [-0.1, -0.05) is 110 Å². The van der Waals surface area contributed by atoms with Gasteiger partial charge in [-0.05, 0) is 98.0 Å². The van der Waals surface area contributed by atoms with Crippen LogP contribution >= 0.6 is 0 Å². The number of allylic oxidation sites excluding steroid dienone is 1. The topological polar surface area (TPSA) is 9.23 Å². The van der Waals surface area contributed by atoms with Crippen LogP contribution in [0.3, 0.4) is 0 Å². The van der Waals surface area contributed by atoms with Gasteiger partial charge in [-0.25, -0.2) is 0 Å². The molecule has 2 atom stereocenters. The van der Waals surface area contributed by atoms with Gasteiger partial charge < -0.3 is 4.74 Å². The fourth-order valence-electron chi connectivity index (χ4n) is 8.56. The molecule has 0 N–H and O–H groups in total. The molecule has 3 aliphatic carbocycles. The molecule has 1 heteroatoms. The molecule has 0 saturated heterocycles. The van der Waals surface area contributed by atoms with Crippen LogP contribution < -0.4 is 4.74 Å². The lowest BCUT2D eigenvalue weighted by atomic mass is 9.69. The summed E-state index contributed by atoms with van der Waals surface area (Å²) in [5.74, 6) is 1.26. The summed E-state index contributed by atoms with van der Waals surface area (Å²) >= 11 is 0. The van der Waals surface area contributed by atoms with Crippen molar-refractivity contribution in [3.63, 3.8) is 0 Å². The average molecular weight is 549 g/mol. The number of benzene rings is 6. The lowest BCUT2D eigenvalue weighted by molar-refractivity contribution is 0.176. The first-order valence-corrected chi connectivity index (χ1v) is 15.3. The molecular formula is C42H28O. The quantitative estimate of drug-likeness (QED) is 0.209. The SMILES string of the molecule is Cc1cc2c(cc1-c1ccccc1)-c1cc(-c3ccccc3)cc3c1C21Oc2ccccc2C2=C1c1c-3cccc1C2C. The summed E-state index contributed by atoms with van der Waals surface area (Å²) in [6, 6.07) is 46.9. The number of aryl methyl sites for hydroxylation is 1.